The lowest BCUT2D eigenvalue weighted by atomic mass is 9.86. The summed E-state index contributed by atoms with van der Waals surface area (Å²) in [5.41, 5.74) is 1.70. The van der Waals surface area contributed by atoms with E-state index >= 15 is 0 Å². The van der Waals surface area contributed by atoms with Crippen LogP contribution in [0.2, 0.25) is 0 Å². The Morgan fingerprint density at radius 2 is 2.06 bits per heavy atom. The summed E-state index contributed by atoms with van der Waals surface area (Å²) in [4.78, 5) is 30.5. The molecule has 5 heterocycles. The summed E-state index contributed by atoms with van der Waals surface area (Å²) in [5.74, 6) is 0.774. The highest BCUT2D eigenvalue weighted by Gasteiger charge is 2.45. The quantitative estimate of drug-likeness (QED) is 0.377. The predicted molar refractivity (Wildman–Crippen MR) is 110 cm³/mol. The molecule has 0 unspecified atom stereocenters. The number of ether oxygens (including phenoxy) is 3. The van der Waals surface area contributed by atoms with Crippen LogP contribution in [0.25, 0.3) is 22.3 Å². The number of hydrogen-bond donors (Lipinski definition) is 1. The SMILES string of the molecule is CC[C@@]1(O)C(=O)OCc2c1cc1n(c2=O)Cc2c-1nc1c(CCl)ccc3c1c2OCO3. The van der Waals surface area contributed by atoms with Crippen LogP contribution in [-0.2, 0) is 34.2 Å². The summed E-state index contributed by atoms with van der Waals surface area (Å²) < 4.78 is 18.2. The van der Waals surface area contributed by atoms with Crippen molar-refractivity contribution in [1.29, 1.82) is 0 Å². The molecule has 0 saturated carbocycles. The average molecular weight is 441 g/mol. The van der Waals surface area contributed by atoms with Crippen molar-refractivity contribution in [2.75, 3.05) is 6.79 Å². The first-order valence-corrected chi connectivity index (χ1v) is 10.5. The van der Waals surface area contributed by atoms with Crippen LogP contribution in [-0.4, -0.2) is 27.4 Å². The maximum atomic E-state index is 13.3. The number of rotatable bonds is 2. The van der Waals surface area contributed by atoms with E-state index in [1.807, 2.05) is 12.1 Å². The van der Waals surface area contributed by atoms with E-state index in [1.165, 1.54) is 0 Å². The van der Waals surface area contributed by atoms with Gasteiger partial charge in [0.2, 0.25) is 6.79 Å². The third-order valence-corrected chi connectivity index (χ3v) is 6.69. The largest absolute Gasteiger partial charge is 0.458 e. The van der Waals surface area contributed by atoms with Crippen molar-refractivity contribution in [2.45, 2.75) is 38.0 Å². The van der Waals surface area contributed by atoms with E-state index in [2.05, 4.69) is 0 Å². The molecule has 31 heavy (non-hydrogen) atoms. The molecule has 1 N–H and O–H groups in total. The Morgan fingerprint density at radius 3 is 2.84 bits per heavy atom. The average Bonchev–Trinajstić information content (AvgIpc) is 3.16. The second kappa shape index (κ2) is 6.21. The van der Waals surface area contributed by atoms with Crippen LogP contribution in [0.1, 0.15) is 35.6 Å². The topological polar surface area (TPSA) is 99.9 Å². The number of aromatic nitrogens is 2. The normalized spacial score (nSPS) is 20.4. The Labute approximate surface area is 180 Å². The van der Waals surface area contributed by atoms with Gasteiger partial charge in [-0.15, -0.1) is 11.6 Å². The lowest BCUT2D eigenvalue weighted by Crippen LogP contribution is -2.44. The molecular formula is C22H17ClN2O6. The molecule has 6 rings (SSSR count). The Kier molecular flexibility index (Phi) is 3.74. The molecule has 0 aliphatic carbocycles. The number of cyclic esters (lactones) is 1. The fraction of sp³-hybridized carbons (Fsp3) is 0.318. The number of nitrogens with zero attached hydrogens (tertiary/aromatic N) is 2. The molecule has 0 saturated heterocycles. The third kappa shape index (κ3) is 2.26. The number of aliphatic hydroxyl groups is 1. The summed E-state index contributed by atoms with van der Waals surface area (Å²) in [6.07, 6.45) is 0.0885. The molecule has 1 aromatic carbocycles. The summed E-state index contributed by atoms with van der Waals surface area (Å²) in [6, 6.07) is 5.39. The second-order valence-corrected chi connectivity index (χ2v) is 8.12. The molecule has 0 amide bonds. The van der Waals surface area contributed by atoms with E-state index in [4.69, 9.17) is 30.8 Å². The van der Waals surface area contributed by atoms with E-state index in [0.29, 0.717) is 28.4 Å². The van der Waals surface area contributed by atoms with Gasteiger partial charge in [0.15, 0.2) is 5.60 Å². The first-order chi connectivity index (χ1) is 15.0. The molecule has 3 aliphatic heterocycles. The van der Waals surface area contributed by atoms with Gasteiger partial charge in [0.25, 0.3) is 5.56 Å². The third-order valence-electron chi connectivity index (χ3n) is 6.40. The van der Waals surface area contributed by atoms with Crippen LogP contribution in [0.4, 0.5) is 0 Å². The second-order valence-electron chi connectivity index (χ2n) is 7.86. The maximum absolute atomic E-state index is 13.3. The van der Waals surface area contributed by atoms with Gasteiger partial charge in [-0.25, -0.2) is 9.78 Å². The highest BCUT2D eigenvalue weighted by molar-refractivity contribution is 6.18. The monoisotopic (exact) mass is 440 g/mol. The number of esters is 1. The highest BCUT2D eigenvalue weighted by Crippen LogP contribution is 2.47. The first-order valence-electron chi connectivity index (χ1n) is 9.95. The zero-order valence-electron chi connectivity index (χ0n) is 16.5. The number of halogens is 1. The molecule has 8 nitrogen and oxygen atoms in total. The Hall–Kier alpha value is -3.10. The van der Waals surface area contributed by atoms with Gasteiger partial charge < -0.3 is 23.9 Å². The van der Waals surface area contributed by atoms with Crippen LogP contribution < -0.4 is 15.0 Å². The zero-order valence-corrected chi connectivity index (χ0v) is 17.3. The van der Waals surface area contributed by atoms with E-state index in [9.17, 15) is 14.7 Å². The van der Waals surface area contributed by atoms with Crippen molar-refractivity contribution in [3.8, 4) is 22.9 Å². The van der Waals surface area contributed by atoms with E-state index < -0.39 is 11.6 Å². The minimum Gasteiger partial charge on any atom is -0.458 e. The molecule has 0 bridgehead atoms. The molecule has 3 aliphatic rings. The summed E-state index contributed by atoms with van der Waals surface area (Å²) >= 11 is 6.15. The Bertz CT molecular complexity index is 1380. The van der Waals surface area contributed by atoms with Gasteiger partial charge in [-0.05, 0) is 24.1 Å². The van der Waals surface area contributed by atoms with Crippen LogP contribution in [0, 0.1) is 0 Å². The van der Waals surface area contributed by atoms with Crippen molar-refractivity contribution < 1.29 is 24.1 Å². The molecule has 9 heteroatoms. The summed E-state index contributed by atoms with van der Waals surface area (Å²) in [6.45, 7) is 1.82. The van der Waals surface area contributed by atoms with Crippen molar-refractivity contribution in [3.05, 3.63) is 50.8 Å². The van der Waals surface area contributed by atoms with E-state index in [1.54, 1.807) is 17.6 Å². The number of alkyl halides is 1. The van der Waals surface area contributed by atoms with Gasteiger partial charge in [-0.3, -0.25) is 4.79 Å². The van der Waals surface area contributed by atoms with E-state index in [0.717, 1.165) is 16.5 Å². The molecule has 0 fully saturated rings. The fourth-order valence-corrected chi connectivity index (χ4v) is 4.93. The summed E-state index contributed by atoms with van der Waals surface area (Å²) in [7, 11) is 0. The first kappa shape index (κ1) is 18.7. The van der Waals surface area contributed by atoms with Crippen LogP contribution in [0.5, 0.6) is 11.5 Å². The van der Waals surface area contributed by atoms with Crippen molar-refractivity contribution >= 4 is 28.5 Å². The minimum atomic E-state index is -1.87. The van der Waals surface area contributed by atoms with Crippen LogP contribution >= 0.6 is 11.6 Å². The molecule has 0 spiro atoms. The molecular weight excluding hydrogens is 424 g/mol. The standard InChI is InChI=1S/C22H17ClN2O6/c1-2-22(28)13-5-14-18-11(7-25(14)20(26)12(13)8-29-21(22)27)19-16-15(30-9-31-19)4-3-10(6-23)17(16)24-18/h3-5,28H,2,6-9H2,1H3/t22-/m0/s1. The van der Waals surface area contributed by atoms with E-state index in [-0.39, 0.29) is 48.9 Å². The van der Waals surface area contributed by atoms with Crippen LogP contribution in [0.3, 0.4) is 0 Å². The molecule has 1 atom stereocenters. The van der Waals surface area contributed by atoms with Crippen molar-refractivity contribution in [3.63, 3.8) is 0 Å². The number of hydrogen-bond acceptors (Lipinski definition) is 7. The van der Waals surface area contributed by atoms with Gasteiger partial charge in [-0.1, -0.05) is 13.0 Å². The number of pyridine rings is 2. The Balaban J connectivity index is 1.69. The maximum Gasteiger partial charge on any atom is 0.343 e. The van der Waals surface area contributed by atoms with Gasteiger partial charge in [0.05, 0.1) is 34.4 Å². The fourth-order valence-electron chi connectivity index (χ4n) is 4.71. The molecule has 2 aromatic heterocycles. The lowest BCUT2D eigenvalue weighted by Gasteiger charge is -2.31. The number of fused-ring (bicyclic) bond motifs is 5. The van der Waals surface area contributed by atoms with Crippen molar-refractivity contribution in [2.24, 2.45) is 0 Å². The predicted octanol–water partition coefficient (Wildman–Crippen LogP) is 2.55. The molecule has 0 radical (unpaired) electrons. The van der Waals surface area contributed by atoms with Gasteiger partial charge in [0, 0.05) is 17.0 Å². The zero-order chi connectivity index (χ0) is 21.5. The molecule has 3 aromatic rings. The highest BCUT2D eigenvalue weighted by atomic mass is 35.5. The van der Waals surface area contributed by atoms with Gasteiger partial charge in [0.1, 0.15) is 18.1 Å². The smallest absolute Gasteiger partial charge is 0.343 e. The lowest BCUT2D eigenvalue weighted by molar-refractivity contribution is -0.172. The minimum absolute atomic E-state index is 0.0540. The number of benzene rings is 1. The van der Waals surface area contributed by atoms with Gasteiger partial charge >= 0.3 is 5.97 Å². The van der Waals surface area contributed by atoms with Crippen molar-refractivity contribution in [1.82, 2.24) is 9.55 Å². The summed E-state index contributed by atoms with van der Waals surface area (Å²) in [5, 5.41) is 11.7. The van der Waals surface area contributed by atoms with Crippen LogP contribution in [0.15, 0.2) is 23.0 Å². The number of carbonyl (C=O) groups excluding carboxylic acids is 1. The number of carbonyl (C=O) groups is 1. The molecule has 158 valence electrons. The van der Waals surface area contributed by atoms with Gasteiger partial charge in [-0.2, -0.15) is 0 Å². The Morgan fingerprint density at radius 1 is 1.23 bits per heavy atom.